The summed E-state index contributed by atoms with van der Waals surface area (Å²) < 4.78 is 91.5. The van der Waals surface area contributed by atoms with Gasteiger partial charge in [0, 0.05) is 31.6 Å². The van der Waals surface area contributed by atoms with Crippen LogP contribution in [0.15, 0.2) is 35.4 Å². The molecule has 11 atom stereocenters. The predicted molar refractivity (Wildman–Crippen MR) is 198 cm³/mol. The molecule has 338 valence electrons. The number of rotatable bonds is 9. The second kappa shape index (κ2) is 16.2. The van der Waals surface area contributed by atoms with Crippen LogP contribution in [0, 0.1) is 22.6 Å². The lowest BCUT2D eigenvalue weighted by Gasteiger charge is -2.67. The van der Waals surface area contributed by atoms with Gasteiger partial charge in [-0.2, -0.15) is 13.2 Å². The van der Waals surface area contributed by atoms with Gasteiger partial charge in [-0.1, -0.05) is 26.8 Å². The van der Waals surface area contributed by atoms with Crippen LogP contribution in [0.5, 0.6) is 0 Å². The van der Waals surface area contributed by atoms with E-state index in [0.717, 1.165) is 19.1 Å². The molecule has 0 unspecified atom stereocenters. The first kappa shape index (κ1) is 47.4. The molecule has 20 heteroatoms. The van der Waals surface area contributed by atoms with Crippen LogP contribution < -0.4 is 5.32 Å². The lowest BCUT2D eigenvalue weighted by molar-refractivity contribution is -0.346. The van der Waals surface area contributed by atoms with Gasteiger partial charge in [-0.25, -0.2) is 18.8 Å². The van der Waals surface area contributed by atoms with E-state index in [-0.39, 0.29) is 24.0 Å². The molecule has 0 aromatic heterocycles. The van der Waals surface area contributed by atoms with Crippen molar-refractivity contribution >= 4 is 35.8 Å². The number of aliphatic hydroxyl groups is 3. The number of halogens is 4. The van der Waals surface area contributed by atoms with Gasteiger partial charge in [0.1, 0.15) is 35.3 Å². The highest BCUT2D eigenvalue weighted by Gasteiger charge is 2.78. The Kier molecular flexibility index (Phi) is 12.6. The number of ether oxygens (including phenoxy) is 6. The van der Waals surface area contributed by atoms with E-state index in [0.29, 0.717) is 0 Å². The van der Waals surface area contributed by atoms with Gasteiger partial charge in [0.15, 0.2) is 29.6 Å². The molecule has 0 spiro atoms. The van der Waals surface area contributed by atoms with E-state index in [1.807, 2.05) is 0 Å². The molecule has 2 bridgehead atoms. The molecule has 1 amide bonds. The van der Waals surface area contributed by atoms with E-state index >= 15 is 4.79 Å². The van der Waals surface area contributed by atoms with E-state index in [9.17, 15) is 56.9 Å². The van der Waals surface area contributed by atoms with Crippen molar-refractivity contribution in [1.82, 2.24) is 5.32 Å². The topological polar surface area (TPSA) is 231 Å². The fraction of sp³-hybridized carbons (Fsp3) is 0.659. The summed E-state index contributed by atoms with van der Waals surface area (Å²) in [5.74, 6) is -8.86. The molecule has 0 radical (unpaired) electrons. The number of amides is 1. The fourth-order valence-corrected chi connectivity index (χ4v) is 9.23. The normalized spacial score (nSPS) is 32.9. The molecule has 3 fully saturated rings. The number of ketones is 1. The Hall–Kier alpha value is -4.66. The maximum absolute atomic E-state index is 15.4. The van der Waals surface area contributed by atoms with Crippen LogP contribution in [0.4, 0.5) is 22.4 Å². The molecule has 3 aliphatic carbocycles. The minimum absolute atomic E-state index is 0.150. The van der Waals surface area contributed by atoms with Crippen molar-refractivity contribution in [3.05, 3.63) is 46.8 Å². The molecular weight excluding hydrogens is 822 g/mol. The molecule has 1 aromatic carbocycles. The molecule has 1 aromatic rings. The molecule has 5 rings (SSSR count). The summed E-state index contributed by atoms with van der Waals surface area (Å²) in [5, 5.41) is 37.7. The lowest BCUT2D eigenvalue weighted by Crippen LogP contribution is -2.82. The molecule has 1 heterocycles. The molecule has 1 aliphatic heterocycles. The minimum atomic E-state index is -5.47. The van der Waals surface area contributed by atoms with Crippen molar-refractivity contribution in [2.24, 2.45) is 16.7 Å². The van der Waals surface area contributed by atoms with Crippen LogP contribution in [-0.4, -0.2) is 123 Å². The largest absolute Gasteiger partial charge is 0.456 e. The number of fused-ring (bicyclic) bond motifs is 5. The quantitative estimate of drug-likeness (QED) is 0.120. The van der Waals surface area contributed by atoms with E-state index < -0.39 is 143 Å². The van der Waals surface area contributed by atoms with Crippen LogP contribution >= 0.6 is 0 Å². The SMILES string of the molecule is CCC(=O)O[C@H]1C(=O)[C@@]2(C)[C@H]([C@H](OC(=O)c3cccc(F)c3)[C@]3(O)C[C@H](OC(=O)[C@H](O)[C@@H](NC(=O)OC(C)(C)C)C(F)(F)F)C(C)=C1C3(C)C)[C@]1(OC(C)=O)CO[C@@H]1C[C@@H]2O. The fourth-order valence-electron chi connectivity index (χ4n) is 9.23. The Morgan fingerprint density at radius 2 is 1.69 bits per heavy atom. The number of alkyl carbamates (subject to hydrolysis) is 1. The third-order valence-electron chi connectivity index (χ3n) is 12.3. The average Bonchev–Trinajstić information content (AvgIpc) is 3.13. The molecule has 16 nitrogen and oxygen atoms in total. The summed E-state index contributed by atoms with van der Waals surface area (Å²) >= 11 is 0. The molecule has 4 aliphatic rings. The highest BCUT2D eigenvalue weighted by molar-refractivity contribution is 5.95. The van der Waals surface area contributed by atoms with Crippen LogP contribution in [0.25, 0.3) is 0 Å². The Bertz CT molecular complexity index is 2000. The number of esters is 4. The number of hydrogen-bond donors (Lipinski definition) is 4. The van der Waals surface area contributed by atoms with Crippen LogP contribution in [0.1, 0.15) is 91.9 Å². The molecule has 4 N–H and O–H groups in total. The first-order valence-corrected chi connectivity index (χ1v) is 19.5. The zero-order valence-electron chi connectivity index (χ0n) is 35.0. The molecule has 1 saturated heterocycles. The van der Waals surface area contributed by atoms with Crippen molar-refractivity contribution in [2.75, 3.05) is 6.61 Å². The van der Waals surface area contributed by atoms with E-state index in [1.165, 1.54) is 72.8 Å². The summed E-state index contributed by atoms with van der Waals surface area (Å²) in [6, 6.07) is 0.899. The highest BCUT2D eigenvalue weighted by atomic mass is 19.4. The molecule has 2 saturated carbocycles. The van der Waals surface area contributed by atoms with Crippen molar-refractivity contribution in [3.63, 3.8) is 0 Å². The zero-order valence-corrected chi connectivity index (χ0v) is 35.0. The smallest absolute Gasteiger partial charge is 0.411 e. The Balaban J connectivity index is 1.76. The predicted octanol–water partition coefficient (Wildman–Crippen LogP) is 3.55. The summed E-state index contributed by atoms with van der Waals surface area (Å²) in [5.41, 5.74) is -10.9. The maximum atomic E-state index is 15.4. The number of aliphatic hydroxyl groups excluding tert-OH is 2. The third kappa shape index (κ3) is 8.35. The summed E-state index contributed by atoms with van der Waals surface area (Å²) in [4.78, 5) is 81.6. The number of alkyl halides is 3. The van der Waals surface area contributed by atoms with Crippen LogP contribution in [0.3, 0.4) is 0 Å². The summed E-state index contributed by atoms with van der Waals surface area (Å²) in [6.45, 7) is 11.3. The van der Waals surface area contributed by atoms with Gasteiger partial charge in [0.05, 0.1) is 29.6 Å². The van der Waals surface area contributed by atoms with Gasteiger partial charge in [0.2, 0.25) is 0 Å². The van der Waals surface area contributed by atoms with Crippen molar-refractivity contribution < 1.29 is 90.1 Å². The third-order valence-corrected chi connectivity index (χ3v) is 12.3. The van der Waals surface area contributed by atoms with Crippen molar-refractivity contribution in [3.8, 4) is 0 Å². The number of nitrogens with one attached hydrogen (secondary N) is 1. The summed E-state index contributed by atoms with van der Waals surface area (Å²) in [7, 11) is 0. The second-order valence-electron chi connectivity index (χ2n) is 17.7. The number of hydrogen-bond acceptors (Lipinski definition) is 15. The second-order valence-corrected chi connectivity index (χ2v) is 17.7. The van der Waals surface area contributed by atoms with Gasteiger partial charge in [-0.05, 0) is 64.0 Å². The van der Waals surface area contributed by atoms with Gasteiger partial charge < -0.3 is 49.1 Å². The monoisotopic (exact) mass is 873 g/mol. The first-order chi connectivity index (χ1) is 28.0. The standard InChI is InChI=1S/C41H51F4NO15/c1-10-25(49)58-28-26-18(2)22(57-34(53)27(50)30(41(43,44)45)46-35(54)61-36(4,5)6)16-40(55,37(26,7)8)32(59-33(52)20-12-11-13-21(42)14-20)29-38(9,31(28)51)23(48)15-24-39(29,17-56-24)60-19(3)47/h11-14,22-24,27-30,32,48,50,55H,10,15-17H2,1-9H3,(H,46,54)/t22-,23-,24+,27+,28+,29-,30+,32-,38+,39-,40+/m0/s1. The van der Waals surface area contributed by atoms with Gasteiger partial charge >= 0.3 is 36.1 Å². The molecule has 61 heavy (non-hydrogen) atoms. The number of benzene rings is 1. The van der Waals surface area contributed by atoms with Crippen LogP contribution in [0.2, 0.25) is 0 Å². The Morgan fingerprint density at radius 1 is 1.05 bits per heavy atom. The van der Waals surface area contributed by atoms with E-state index in [2.05, 4.69) is 0 Å². The first-order valence-electron chi connectivity index (χ1n) is 19.5. The van der Waals surface area contributed by atoms with E-state index in [4.69, 9.17) is 28.4 Å². The number of carbonyl (C=O) groups excluding carboxylic acids is 6. The lowest BCUT2D eigenvalue weighted by atomic mass is 9.44. The van der Waals surface area contributed by atoms with Crippen molar-refractivity contribution in [2.45, 2.75) is 147 Å². The van der Waals surface area contributed by atoms with Gasteiger partial charge in [-0.15, -0.1) is 0 Å². The maximum Gasteiger partial charge on any atom is 0.411 e. The number of carbonyl (C=O) groups is 6. The highest BCUT2D eigenvalue weighted by Crippen LogP contribution is 2.64. The number of Topliss-reactive ketones (excluding diaryl/α,β-unsaturated/α-hetero) is 1. The van der Waals surface area contributed by atoms with Gasteiger partial charge in [0.25, 0.3) is 0 Å². The Morgan fingerprint density at radius 3 is 2.21 bits per heavy atom. The average molecular weight is 874 g/mol. The minimum Gasteiger partial charge on any atom is -0.456 e. The summed E-state index contributed by atoms with van der Waals surface area (Å²) in [6.07, 6.45) is -20.8. The van der Waals surface area contributed by atoms with Crippen LogP contribution in [-0.2, 0) is 47.6 Å². The van der Waals surface area contributed by atoms with E-state index in [1.54, 1.807) is 0 Å². The molecular formula is C41H51F4NO15. The zero-order chi connectivity index (χ0) is 46.0. The van der Waals surface area contributed by atoms with Gasteiger partial charge in [-0.3, -0.25) is 14.4 Å². The van der Waals surface area contributed by atoms with Crippen molar-refractivity contribution in [1.29, 1.82) is 0 Å². The Labute approximate surface area is 348 Å².